The molecule has 0 radical (unpaired) electrons. The molecule has 0 saturated carbocycles. The minimum Gasteiger partial charge on any atom is -0.272 e. The van der Waals surface area contributed by atoms with E-state index in [0.29, 0.717) is 31.4 Å². The first kappa shape index (κ1) is 38.2. The van der Waals surface area contributed by atoms with Gasteiger partial charge in [0.05, 0.1) is 18.1 Å². The number of aryl methyl sites for hydroxylation is 1. The summed E-state index contributed by atoms with van der Waals surface area (Å²) in [6.45, 7) is 1.95. The highest BCUT2D eigenvalue weighted by molar-refractivity contribution is 7.92. The lowest BCUT2D eigenvalue weighted by atomic mass is 10.0. The van der Waals surface area contributed by atoms with Gasteiger partial charge in [-0.3, -0.25) is 14.0 Å². The maximum atomic E-state index is 13.5. The number of alkyl halides is 1. The van der Waals surface area contributed by atoms with Crippen molar-refractivity contribution >= 4 is 27.5 Å². The number of sulfonamides is 1. The standard InChI is InChI=1S/C36H61FN2O4S/c1-2-3-4-5-6-7-8-9-10-11-12-13-14-17-20-24-33-27-29-34(30-28-33)39(38-35(40)25-23-26-36(38)41)44(42,43)32-22-19-16-15-18-21-31-37/h27-30H,2-26,31-32H2,1H3. The summed E-state index contributed by atoms with van der Waals surface area (Å²) in [5.74, 6) is -1.09. The van der Waals surface area contributed by atoms with E-state index >= 15 is 0 Å². The average Bonchev–Trinajstić information content (AvgIpc) is 3.01. The first-order chi connectivity index (χ1) is 21.4. The molecule has 1 aliphatic heterocycles. The third-order valence-corrected chi connectivity index (χ3v) is 10.4. The normalized spacial score (nSPS) is 14.0. The van der Waals surface area contributed by atoms with E-state index in [9.17, 15) is 22.4 Å². The number of imide groups is 1. The molecule has 0 spiro atoms. The zero-order valence-corrected chi connectivity index (χ0v) is 28.5. The number of halogens is 1. The van der Waals surface area contributed by atoms with Crippen molar-refractivity contribution in [3.05, 3.63) is 29.8 Å². The monoisotopic (exact) mass is 636 g/mol. The molecule has 0 aliphatic carbocycles. The van der Waals surface area contributed by atoms with Crippen LogP contribution in [0.25, 0.3) is 0 Å². The van der Waals surface area contributed by atoms with Crippen molar-refractivity contribution in [2.24, 2.45) is 0 Å². The van der Waals surface area contributed by atoms with Crippen molar-refractivity contribution in [2.75, 3.05) is 16.8 Å². The average molecular weight is 637 g/mol. The fraction of sp³-hybridized carbons (Fsp3) is 0.778. The van der Waals surface area contributed by atoms with Gasteiger partial charge in [-0.15, -0.1) is 0 Å². The fourth-order valence-electron chi connectivity index (χ4n) is 6.01. The first-order valence-electron chi connectivity index (χ1n) is 17.9. The number of unbranched alkanes of at least 4 members (excludes halogenated alkanes) is 19. The van der Waals surface area contributed by atoms with E-state index in [-0.39, 0.29) is 25.3 Å². The summed E-state index contributed by atoms with van der Waals surface area (Å²) in [5, 5.41) is 0.851. The van der Waals surface area contributed by atoms with Gasteiger partial charge < -0.3 is 0 Å². The van der Waals surface area contributed by atoms with E-state index in [2.05, 4.69) is 6.92 Å². The van der Waals surface area contributed by atoms with Crippen molar-refractivity contribution in [1.82, 2.24) is 5.01 Å². The SMILES string of the molecule is CCCCCCCCCCCCCCCCCc1ccc(N(N2C(=O)CCCC2=O)S(=O)(=O)CCCCCCCCF)cc1. The van der Waals surface area contributed by atoms with Crippen LogP contribution in [-0.4, -0.2) is 37.7 Å². The molecule has 8 heteroatoms. The van der Waals surface area contributed by atoms with E-state index in [1.807, 2.05) is 12.1 Å². The quantitative estimate of drug-likeness (QED) is 0.0711. The van der Waals surface area contributed by atoms with Crippen molar-refractivity contribution in [3.8, 4) is 0 Å². The number of hydrogen-bond donors (Lipinski definition) is 0. The molecule has 1 aromatic rings. The summed E-state index contributed by atoms with van der Waals surface area (Å²) >= 11 is 0. The van der Waals surface area contributed by atoms with Crippen LogP contribution < -0.4 is 4.41 Å². The second kappa shape index (κ2) is 23.4. The zero-order valence-electron chi connectivity index (χ0n) is 27.7. The molecular weight excluding hydrogens is 575 g/mol. The second-order valence-corrected chi connectivity index (χ2v) is 14.6. The molecule has 0 atom stereocenters. The molecule has 252 valence electrons. The number of nitrogens with zero attached hydrogens (tertiary/aromatic N) is 2. The van der Waals surface area contributed by atoms with Gasteiger partial charge in [-0.1, -0.05) is 135 Å². The van der Waals surface area contributed by atoms with Gasteiger partial charge in [0, 0.05) is 12.8 Å². The number of hydrogen-bond acceptors (Lipinski definition) is 4. The van der Waals surface area contributed by atoms with Gasteiger partial charge in [-0.05, 0) is 49.8 Å². The van der Waals surface area contributed by atoms with Gasteiger partial charge in [0.2, 0.25) is 11.8 Å². The maximum absolute atomic E-state index is 13.5. The number of amides is 2. The molecule has 2 rings (SSSR count). The molecule has 1 saturated heterocycles. The molecule has 1 fully saturated rings. The molecular formula is C36H61FN2O4S. The molecule has 44 heavy (non-hydrogen) atoms. The van der Waals surface area contributed by atoms with Gasteiger partial charge in [0.25, 0.3) is 10.0 Å². The summed E-state index contributed by atoms with van der Waals surface area (Å²) in [4.78, 5) is 25.5. The van der Waals surface area contributed by atoms with Crippen LogP contribution in [0, 0.1) is 0 Å². The number of hydrazine groups is 1. The van der Waals surface area contributed by atoms with Gasteiger partial charge in [0.15, 0.2) is 0 Å². The van der Waals surface area contributed by atoms with E-state index < -0.39 is 21.8 Å². The van der Waals surface area contributed by atoms with Gasteiger partial charge in [-0.2, -0.15) is 9.42 Å². The predicted octanol–water partition coefficient (Wildman–Crippen LogP) is 10.0. The Morgan fingerprint density at radius 1 is 0.636 bits per heavy atom. The van der Waals surface area contributed by atoms with Gasteiger partial charge in [0.1, 0.15) is 0 Å². The fourth-order valence-corrected chi connectivity index (χ4v) is 7.62. The smallest absolute Gasteiger partial charge is 0.253 e. The summed E-state index contributed by atoms with van der Waals surface area (Å²) in [7, 11) is -3.94. The van der Waals surface area contributed by atoms with E-state index in [1.54, 1.807) is 12.1 Å². The van der Waals surface area contributed by atoms with Gasteiger partial charge >= 0.3 is 0 Å². The van der Waals surface area contributed by atoms with Crippen LogP contribution in [0.1, 0.15) is 167 Å². The van der Waals surface area contributed by atoms with Crippen LogP contribution in [0.4, 0.5) is 10.1 Å². The lowest BCUT2D eigenvalue weighted by Crippen LogP contribution is -2.55. The maximum Gasteiger partial charge on any atom is 0.253 e. The molecule has 0 unspecified atom stereocenters. The Bertz CT molecular complexity index is 999. The van der Waals surface area contributed by atoms with Crippen LogP contribution in [0.15, 0.2) is 24.3 Å². The third kappa shape index (κ3) is 15.4. The largest absolute Gasteiger partial charge is 0.272 e. The zero-order chi connectivity index (χ0) is 31.9. The second-order valence-electron chi connectivity index (χ2n) is 12.7. The van der Waals surface area contributed by atoms with Crippen LogP contribution in [0.5, 0.6) is 0 Å². The van der Waals surface area contributed by atoms with Crippen LogP contribution >= 0.6 is 0 Å². The number of anilines is 1. The summed E-state index contributed by atoms with van der Waals surface area (Å²) in [5.41, 5.74) is 1.46. The van der Waals surface area contributed by atoms with E-state index in [4.69, 9.17) is 0 Å². The summed E-state index contributed by atoms with van der Waals surface area (Å²) in [6.07, 6.45) is 25.8. The van der Waals surface area contributed by atoms with Crippen LogP contribution in [0.2, 0.25) is 0 Å². The van der Waals surface area contributed by atoms with Crippen molar-refractivity contribution in [1.29, 1.82) is 0 Å². The highest BCUT2D eigenvalue weighted by Gasteiger charge is 2.38. The van der Waals surface area contributed by atoms with Crippen LogP contribution in [-0.2, 0) is 26.0 Å². The molecule has 1 aromatic carbocycles. The van der Waals surface area contributed by atoms with Crippen molar-refractivity contribution in [2.45, 2.75) is 167 Å². The van der Waals surface area contributed by atoms with Crippen molar-refractivity contribution in [3.63, 3.8) is 0 Å². The third-order valence-electron chi connectivity index (χ3n) is 8.71. The van der Waals surface area contributed by atoms with Gasteiger partial charge in [-0.25, -0.2) is 8.42 Å². The summed E-state index contributed by atoms with van der Waals surface area (Å²) in [6, 6.07) is 7.30. The molecule has 2 amide bonds. The highest BCUT2D eigenvalue weighted by atomic mass is 32.2. The molecule has 0 bridgehead atoms. The Morgan fingerprint density at radius 3 is 1.55 bits per heavy atom. The number of benzene rings is 1. The molecule has 6 nitrogen and oxygen atoms in total. The lowest BCUT2D eigenvalue weighted by molar-refractivity contribution is -0.147. The number of carbonyl (C=O) groups is 2. The minimum atomic E-state index is -3.94. The topological polar surface area (TPSA) is 74.8 Å². The van der Waals surface area contributed by atoms with E-state index in [0.717, 1.165) is 47.1 Å². The van der Waals surface area contributed by atoms with Crippen LogP contribution in [0.3, 0.4) is 0 Å². The lowest BCUT2D eigenvalue weighted by Gasteiger charge is -2.36. The number of piperidine rings is 1. The molecule has 1 aliphatic rings. The molecule has 1 heterocycles. The Kier molecular flexibility index (Phi) is 20.3. The summed E-state index contributed by atoms with van der Waals surface area (Å²) < 4.78 is 40.2. The molecule has 0 aromatic heterocycles. The molecule has 0 N–H and O–H groups in total. The first-order valence-corrected chi connectivity index (χ1v) is 19.5. The minimum absolute atomic E-state index is 0.145. The highest BCUT2D eigenvalue weighted by Crippen LogP contribution is 2.27. The Labute approximate surface area is 268 Å². The Balaban J connectivity index is 1.76. The van der Waals surface area contributed by atoms with E-state index in [1.165, 1.54) is 89.9 Å². The number of rotatable bonds is 27. The number of carbonyl (C=O) groups excluding carboxylic acids is 2. The predicted molar refractivity (Wildman–Crippen MR) is 181 cm³/mol. The Morgan fingerprint density at radius 2 is 1.07 bits per heavy atom. The van der Waals surface area contributed by atoms with Crippen molar-refractivity contribution < 1.29 is 22.4 Å². The Hall–Kier alpha value is -1.96.